The fourth-order valence-corrected chi connectivity index (χ4v) is 4.22. The van der Waals surface area contributed by atoms with Crippen LogP contribution >= 0.6 is 0 Å². The van der Waals surface area contributed by atoms with E-state index in [4.69, 9.17) is 4.74 Å². The molecule has 4 rings (SSSR count). The Morgan fingerprint density at radius 2 is 1.59 bits per heavy atom. The fraction of sp³-hybridized carbons (Fsp3) is 0.333. The number of carbonyl (C=O) groups excluding carboxylic acids is 2. The van der Waals surface area contributed by atoms with Crippen molar-refractivity contribution >= 4 is 23.1 Å². The van der Waals surface area contributed by atoms with Crippen LogP contribution in [0.25, 0.3) is 5.57 Å². The Morgan fingerprint density at radius 1 is 0.862 bits per heavy atom. The number of methoxy groups -OCH3 is 1. The van der Waals surface area contributed by atoms with Gasteiger partial charge in [-0.2, -0.15) is 0 Å². The second-order valence-electron chi connectivity index (χ2n) is 7.64. The van der Waals surface area contributed by atoms with Crippen molar-refractivity contribution in [3.05, 3.63) is 64.9 Å². The Balaban J connectivity index is 1.89. The lowest BCUT2D eigenvalue weighted by Crippen LogP contribution is -2.37. The molecule has 0 bridgehead atoms. The quantitative estimate of drug-likeness (QED) is 0.738. The summed E-state index contributed by atoms with van der Waals surface area (Å²) in [4.78, 5) is 30.7. The molecule has 2 amide bonds. The zero-order valence-corrected chi connectivity index (χ0v) is 17.2. The Morgan fingerprint density at radius 3 is 2.31 bits per heavy atom. The van der Waals surface area contributed by atoms with Crippen LogP contribution in [0.5, 0.6) is 5.75 Å². The second-order valence-corrected chi connectivity index (χ2v) is 7.64. The SMILES string of the molecule is COc1ccccc1C1=C(N2CCCCC2)C(=O)N(c2cccc(C)c2C)C1=O. The number of benzene rings is 2. The molecular weight excluding hydrogens is 364 g/mol. The monoisotopic (exact) mass is 390 g/mol. The first-order valence-electron chi connectivity index (χ1n) is 10.1. The van der Waals surface area contributed by atoms with Crippen LogP contribution in [0.4, 0.5) is 5.69 Å². The molecular formula is C24H26N2O3. The average molecular weight is 390 g/mol. The van der Waals surface area contributed by atoms with Crippen molar-refractivity contribution in [2.24, 2.45) is 0 Å². The van der Waals surface area contributed by atoms with Gasteiger partial charge in [-0.05, 0) is 56.4 Å². The van der Waals surface area contributed by atoms with Gasteiger partial charge in [-0.15, -0.1) is 0 Å². The Hall–Kier alpha value is -3.08. The number of rotatable bonds is 4. The first kappa shape index (κ1) is 19.2. The molecule has 2 aliphatic heterocycles. The first-order chi connectivity index (χ1) is 14.0. The van der Waals surface area contributed by atoms with Crippen molar-refractivity contribution in [2.75, 3.05) is 25.1 Å². The summed E-state index contributed by atoms with van der Waals surface area (Å²) < 4.78 is 5.53. The maximum absolute atomic E-state index is 13.7. The summed E-state index contributed by atoms with van der Waals surface area (Å²) in [7, 11) is 1.59. The smallest absolute Gasteiger partial charge is 0.282 e. The maximum atomic E-state index is 13.7. The molecule has 5 heteroatoms. The lowest BCUT2D eigenvalue weighted by atomic mass is 10.0. The number of aryl methyl sites for hydroxylation is 1. The van der Waals surface area contributed by atoms with Crippen LogP contribution in [-0.4, -0.2) is 36.9 Å². The Labute approximate surface area is 171 Å². The van der Waals surface area contributed by atoms with Crippen molar-refractivity contribution in [2.45, 2.75) is 33.1 Å². The topological polar surface area (TPSA) is 49.9 Å². The van der Waals surface area contributed by atoms with E-state index >= 15 is 0 Å². The van der Waals surface area contributed by atoms with Gasteiger partial charge in [-0.3, -0.25) is 9.59 Å². The van der Waals surface area contributed by atoms with E-state index in [1.807, 2.05) is 56.3 Å². The van der Waals surface area contributed by atoms with Crippen LogP contribution in [0.3, 0.4) is 0 Å². The normalized spacial score (nSPS) is 17.3. The third kappa shape index (κ3) is 3.20. The van der Waals surface area contributed by atoms with Gasteiger partial charge in [-0.1, -0.05) is 30.3 Å². The molecule has 1 saturated heterocycles. The minimum absolute atomic E-state index is 0.244. The van der Waals surface area contributed by atoms with Crippen molar-refractivity contribution in [3.8, 4) is 5.75 Å². The molecule has 0 aromatic heterocycles. The summed E-state index contributed by atoms with van der Waals surface area (Å²) in [6, 6.07) is 13.1. The summed E-state index contributed by atoms with van der Waals surface area (Å²) in [6.07, 6.45) is 3.19. The summed E-state index contributed by atoms with van der Waals surface area (Å²) in [5.41, 5.74) is 4.25. The summed E-state index contributed by atoms with van der Waals surface area (Å²) >= 11 is 0. The molecule has 0 unspecified atom stereocenters. The number of piperidine rings is 1. The van der Waals surface area contributed by atoms with Gasteiger partial charge in [0.1, 0.15) is 11.4 Å². The van der Waals surface area contributed by atoms with Crippen LogP contribution in [0.2, 0.25) is 0 Å². The van der Waals surface area contributed by atoms with E-state index in [1.165, 1.54) is 4.90 Å². The van der Waals surface area contributed by atoms with Crippen LogP contribution in [0.1, 0.15) is 36.0 Å². The molecule has 2 aromatic carbocycles. The molecule has 0 aliphatic carbocycles. The van der Waals surface area contributed by atoms with Gasteiger partial charge in [0.05, 0.1) is 18.4 Å². The van der Waals surface area contributed by atoms with Crippen LogP contribution in [-0.2, 0) is 9.59 Å². The molecule has 0 radical (unpaired) electrons. The third-order valence-electron chi connectivity index (χ3n) is 5.92. The lowest BCUT2D eigenvalue weighted by Gasteiger charge is -2.30. The molecule has 2 aromatic rings. The number of hydrogen-bond donors (Lipinski definition) is 0. The number of imide groups is 1. The van der Waals surface area contributed by atoms with Crippen molar-refractivity contribution in [1.82, 2.24) is 4.90 Å². The number of carbonyl (C=O) groups is 2. The summed E-state index contributed by atoms with van der Waals surface area (Å²) in [6.45, 7) is 5.51. The van der Waals surface area contributed by atoms with Gasteiger partial charge in [0.2, 0.25) is 0 Å². The van der Waals surface area contributed by atoms with Crippen LogP contribution in [0.15, 0.2) is 48.2 Å². The number of amides is 2. The highest BCUT2D eigenvalue weighted by Gasteiger charge is 2.44. The highest BCUT2D eigenvalue weighted by atomic mass is 16.5. The predicted octanol–water partition coefficient (Wildman–Crippen LogP) is 4.08. The molecule has 2 aliphatic rings. The lowest BCUT2D eigenvalue weighted by molar-refractivity contribution is -0.120. The molecule has 29 heavy (non-hydrogen) atoms. The van der Waals surface area contributed by atoms with E-state index in [-0.39, 0.29) is 11.8 Å². The van der Waals surface area contributed by atoms with Gasteiger partial charge in [-0.25, -0.2) is 4.90 Å². The standard InChI is InChI=1S/C24H26N2O3/c1-16-10-9-12-19(17(16)2)26-23(27)21(18-11-5-6-13-20(18)29-3)22(24(26)28)25-14-7-4-8-15-25/h5-6,9-13H,4,7-8,14-15H2,1-3H3. The average Bonchev–Trinajstić information content (AvgIpc) is 3.00. The number of ether oxygens (including phenoxy) is 1. The number of para-hydroxylation sites is 1. The molecule has 2 heterocycles. The van der Waals surface area contributed by atoms with E-state index in [1.54, 1.807) is 7.11 Å². The largest absolute Gasteiger partial charge is 0.496 e. The highest BCUT2D eigenvalue weighted by molar-refractivity contribution is 6.45. The molecule has 1 fully saturated rings. The number of likely N-dealkylation sites (tertiary alicyclic amines) is 1. The molecule has 150 valence electrons. The van der Waals surface area contributed by atoms with Gasteiger partial charge < -0.3 is 9.64 Å². The first-order valence-corrected chi connectivity index (χ1v) is 10.1. The van der Waals surface area contributed by atoms with E-state index in [0.29, 0.717) is 28.3 Å². The van der Waals surface area contributed by atoms with Crippen molar-refractivity contribution in [1.29, 1.82) is 0 Å². The van der Waals surface area contributed by atoms with Gasteiger partial charge in [0.25, 0.3) is 11.8 Å². The van der Waals surface area contributed by atoms with E-state index in [9.17, 15) is 9.59 Å². The minimum atomic E-state index is -0.284. The zero-order chi connectivity index (χ0) is 20.5. The molecule has 0 N–H and O–H groups in total. The number of nitrogens with zero attached hydrogens (tertiary/aromatic N) is 2. The number of hydrogen-bond acceptors (Lipinski definition) is 4. The molecule has 0 spiro atoms. The summed E-state index contributed by atoms with van der Waals surface area (Å²) in [5, 5.41) is 0. The van der Waals surface area contributed by atoms with E-state index in [2.05, 4.69) is 4.90 Å². The van der Waals surface area contributed by atoms with Crippen LogP contribution < -0.4 is 9.64 Å². The molecule has 0 saturated carbocycles. The van der Waals surface area contributed by atoms with E-state index in [0.717, 1.165) is 43.5 Å². The highest BCUT2D eigenvalue weighted by Crippen LogP contribution is 2.40. The van der Waals surface area contributed by atoms with Crippen molar-refractivity contribution < 1.29 is 14.3 Å². The van der Waals surface area contributed by atoms with Gasteiger partial charge in [0, 0.05) is 18.7 Å². The molecule has 5 nitrogen and oxygen atoms in total. The van der Waals surface area contributed by atoms with Crippen LogP contribution in [0, 0.1) is 13.8 Å². The number of anilines is 1. The van der Waals surface area contributed by atoms with E-state index < -0.39 is 0 Å². The maximum Gasteiger partial charge on any atom is 0.282 e. The third-order valence-corrected chi connectivity index (χ3v) is 5.92. The van der Waals surface area contributed by atoms with Gasteiger partial charge >= 0.3 is 0 Å². The Bertz CT molecular complexity index is 1000. The summed E-state index contributed by atoms with van der Waals surface area (Å²) in [5.74, 6) is 0.0706. The Kier molecular flexibility index (Phi) is 5.14. The predicted molar refractivity (Wildman–Crippen MR) is 114 cm³/mol. The van der Waals surface area contributed by atoms with Crippen molar-refractivity contribution in [3.63, 3.8) is 0 Å². The van der Waals surface area contributed by atoms with Gasteiger partial charge in [0.15, 0.2) is 0 Å². The minimum Gasteiger partial charge on any atom is -0.496 e. The molecule has 0 atom stereocenters. The zero-order valence-electron chi connectivity index (χ0n) is 17.2. The fourth-order valence-electron chi connectivity index (χ4n) is 4.22. The second kappa shape index (κ2) is 7.74.